The summed E-state index contributed by atoms with van der Waals surface area (Å²) < 4.78 is 32.1. The largest absolute Gasteiger partial charge is 0.494 e. The second kappa shape index (κ2) is 6.01. The standard InChI is InChI=1S/C14H22N2O3S/c1-11-9-12(10-13(15)14(11)19-2)20(17,18)16-7-5-3-4-6-8-16/h9-10H,3-8,15H2,1-2H3. The molecule has 1 saturated heterocycles. The minimum Gasteiger partial charge on any atom is -0.494 e. The van der Waals surface area contributed by atoms with Crippen molar-refractivity contribution in [3.05, 3.63) is 17.7 Å². The fourth-order valence-electron chi connectivity index (χ4n) is 2.63. The van der Waals surface area contributed by atoms with Crippen molar-refractivity contribution in [2.75, 3.05) is 25.9 Å². The first-order valence-corrected chi connectivity index (χ1v) is 8.35. The van der Waals surface area contributed by atoms with E-state index in [1.165, 1.54) is 13.2 Å². The van der Waals surface area contributed by atoms with E-state index in [-0.39, 0.29) is 4.90 Å². The summed E-state index contributed by atoms with van der Waals surface area (Å²) in [6, 6.07) is 3.13. The highest BCUT2D eigenvalue weighted by molar-refractivity contribution is 7.89. The number of sulfonamides is 1. The molecular formula is C14H22N2O3S. The Hall–Kier alpha value is -1.27. The fraction of sp³-hybridized carbons (Fsp3) is 0.571. The third-order valence-corrected chi connectivity index (χ3v) is 5.56. The van der Waals surface area contributed by atoms with Crippen LogP contribution in [-0.4, -0.2) is 32.9 Å². The Morgan fingerprint density at radius 2 is 1.75 bits per heavy atom. The quantitative estimate of drug-likeness (QED) is 0.868. The molecule has 1 aromatic rings. The van der Waals surface area contributed by atoms with Gasteiger partial charge in [0, 0.05) is 13.1 Å². The number of ether oxygens (including phenoxy) is 1. The van der Waals surface area contributed by atoms with Gasteiger partial charge in [-0.05, 0) is 37.5 Å². The predicted octanol–water partition coefficient (Wildman–Crippen LogP) is 2.15. The van der Waals surface area contributed by atoms with Gasteiger partial charge < -0.3 is 10.5 Å². The molecule has 0 amide bonds. The lowest BCUT2D eigenvalue weighted by Crippen LogP contribution is -2.32. The van der Waals surface area contributed by atoms with Crippen molar-refractivity contribution in [2.45, 2.75) is 37.5 Å². The minimum atomic E-state index is -3.46. The van der Waals surface area contributed by atoms with Crippen molar-refractivity contribution < 1.29 is 13.2 Å². The normalized spacial score (nSPS) is 17.7. The number of rotatable bonds is 3. The first-order valence-electron chi connectivity index (χ1n) is 6.91. The van der Waals surface area contributed by atoms with E-state index < -0.39 is 10.0 Å². The van der Waals surface area contributed by atoms with E-state index in [1.807, 2.05) is 0 Å². The lowest BCUT2D eigenvalue weighted by atomic mass is 10.2. The molecule has 1 fully saturated rings. The number of aryl methyl sites for hydroxylation is 1. The average molecular weight is 298 g/mol. The van der Waals surface area contributed by atoms with Crippen LogP contribution in [0, 0.1) is 6.92 Å². The summed E-state index contributed by atoms with van der Waals surface area (Å²) in [6.45, 7) is 2.98. The maximum Gasteiger partial charge on any atom is 0.243 e. The Morgan fingerprint density at radius 3 is 2.25 bits per heavy atom. The number of nitrogens with two attached hydrogens (primary N) is 1. The van der Waals surface area contributed by atoms with Crippen LogP contribution in [0.1, 0.15) is 31.2 Å². The highest BCUT2D eigenvalue weighted by Crippen LogP contribution is 2.31. The van der Waals surface area contributed by atoms with Crippen molar-refractivity contribution in [3.8, 4) is 5.75 Å². The van der Waals surface area contributed by atoms with Crippen LogP contribution in [0.25, 0.3) is 0 Å². The Labute approximate surface area is 120 Å². The lowest BCUT2D eigenvalue weighted by Gasteiger charge is -2.21. The molecule has 0 aromatic heterocycles. The van der Waals surface area contributed by atoms with Gasteiger partial charge in [0.05, 0.1) is 17.7 Å². The second-order valence-corrected chi connectivity index (χ2v) is 7.12. The Bertz CT molecular complexity index is 553. The molecule has 6 heteroatoms. The van der Waals surface area contributed by atoms with Gasteiger partial charge in [-0.25, -0.2) is 8.42 Å². The topological polar surface area (TPSA) is 72.6 Å². The number of nitrogens with zero attached hydrogens (tertiary/aromatic N) is 1. The van der Waals surface area contributed by atoms with E-state index in [9.17, 15) is 8.42 Å². The summed E-state index contributed by atoms with van der Waals surface area (Å²) in [4.78, 5) is 0.259. The zero-order valence-corrected chi connectivity index (χ0v) is 12.9. The van der Waals surface area contributed by atoms with Gasteiger partial charge in [0.25, 0.3) is 0 Å². The molecule has 20 heavy (non-hydrogen) atoms. The summed E-state index contributed by atoms with van der Waals surface area (Å²) in [7, 11) is -1.93. The first kappa shape index (κ1) is 15.1. The van der Waals surface area contributed by atoms with E-state index in [2.05, 4.69) is 0 Å². The maximum atomic E-state index is 12.7. The number of benzene rings is 1. The van der Waals surface area contributed by atoms with Crippen LogP contribution >= 0.6 is 0 Å². The zero-order valence-electron chi connectivity index (χ0n) is 12.1. The summed E-state index contributed by atoms with van der Waals surface area (Å²) in [5.41, 5.74) is 6.98. The molecule has 2 rings (SSSR count). The van der Waals surface area contributed by atoms with Crippen LogP contribution < -0.4 is 10.5 Å². The van der Waals surface area contributed by atoms with Crippen LogP contribution in [0.2, 0.25) is 0 Å². The molecule has 1 aliphatic heterocycles. The van der Waals surface area contributed by atoms with Gasteiger partial charge in [-0.15, -0.1) is 0 Å². The van der Waals surface area contributed by atoms with Gasteiger partial charge in [0.1, 0.15) is 5.75 Å². The summed E-state index contributed by atoms with van der Waals surface area (Å²) in [5.74, 6) is 0.541. The lowest BCUT2D eigenvalue weighted by molar-refractivity contribution is 0.412. The fourth-order valence-corrected chi connectivity index (χ4v) is 4.26. The number of hydrogen-bond acceptors (Lipinski definition) is 4. The predicted molar refractivity (Wildman–Crippen MR) is 79.4 cm³/mol. The van der Waals surface area contributed by atoms with Crippen LogP contribution in [0.3, 0.4) is 0 Å². The van der Waals surface area contributed by atoms with E-state index in [0.29, 0.717) is 24.5 Å². The zero-order chi connectivity index (χ0) is 14.8. The summed E-state index contributed by atoms with van der Waals surface area (Å²) in [5, 5.41) is 0. The number of anilines is 1. The molecule has 112 valence electrons. The van der Waals surface area contributed by atoms with E-state index in [4.69, 9.17) is 10.5 Å². The highest BCUT2D eigenvalue weighted by Gasteiger charge is 2.26. The average Bonchev–Trinajstić information content (AvgIpc) is 2.67. The Morgan fingerprint density at radius 1 is 1.15 bits per heavy atom. The minimum absolute atomic E-state index is 0.259. The van der Waals surface area contributed by atoms with Gasteiger partial charge in [0.15, 0.2) is 0 Å². The summed E-state index contributed by atoms with van der Waals surface area (Å²) >= 11 is 0. The smallest absolute Gasteiger partial charge is 0.243 e. The molecule has 0 saturated carbocycles. The molecule has 0 spiro atoms. The maximum absolute atomic E-state index is 12.7. The third-order valence-electron chi connectivity index (χ3n) is 3.68. The van der Waals surface area contributed by atoms with E-state index in [0.717, 1.165) is 31.2 Å². The Balaban J connectivity index is 2.38. The van der Waals surface area contributed by atoms with Crippen molar-refractivity contribution in [2.24, 2.45) is 0 Å². The first-order chi connectivity index (χ1) is 9.46. The summed E-state index contributed by atoms with van der Waals surface area (Å²) in [6.07, 6.45) is 4.03. The molecular weight excluding hydrogens is 276 g/mol. The van der Waals surface area contributed by atoms with Crippen LogP contribution in [0.15, 0.2) is 17.0 Å². The number of methoxy groups -OCH3 is 1. The molecule has 1 aliphatic rings. The van der Waals surface area contributed by atoms with Crippen molar-refractivity contribution >= 4 is 15.7 Å². The number of hydrogen-bond donors (Lipinski definition) is 1. The monoisotopic (exact) mass is 298 g/mol. The van der Waals surface area contributed by atoms with Crippen LogP contribution in [0.5, 0.6) is 5.75 Å². The van der Waals surface area contributed by atoms with Gasteiger partial charge in [0.2, 0.25) is 10.0 Å². The molecule has 0 atom stereocenters. The Kier molecular flexibility index (Phi) is 4.55. The van der Waals surface area contributed by atoms with Crippen molar-refractivity contribution in [1.29, 1.82) is 0 Å². The van der Waals surface area contributed by atoms with Crippen LogP contribution in [0.4, 0.5) is 5.69 Å². The van der Waals surface area contributed by atoms with E-state index >= 15 is 0 Å². The molecule has 0 unspecified atom stereocenters. The SMILES string of the molecule is COc1c(C)cc(S(=O)(=O)N2CCCCCC2)cc1N. The molecule has 0 bridgehead atoms. The molecule has 0 aliphatic carbocycles. The second-order valence-electron chi connectivity index (χ2n) is 5.18. The van der Waals surface area contributed by atoms with Crippen molar-refractivity contribution in [1.82, 2.24) is 4.31 Å². The highest BCUT2D eigenvalue weighted by atomic mass is 32.2. The molecule has 1 heterocycles. The van der Waals surface area contributed by atoms with Gasteiger partial charge in [-0.1, -0.05) is 12.8 Å². The molecule has 2 N–H and O–H groups in total. The van der Waals surface area contributed by atoms with Gasteiger partial charge in [-0.3, -0.25) is 0 Å². The van der Waals surface area contributed by atoms with E-state index in [1.54, 1.807) is 17.3 Å². The van der Waals surface area contributed by atoms with Gasteiger partial charge in [-0.2, -0.15) is 4.31 Å². The van der Waals surface area contributed by atoms with Crippen molar-refractivity contribution in [3.63, 3.8) is 0 Å². The van der Waals surface area contributed by atoms with Gasteiger partial charge >= 0.3 is 0 Å². The van der Waals surface area contributed by atoms with Crippen LogP contribution in [-0.2, 0) is 10.0 Å². The third kappa shape index (κ3) is 2.91. The molecule has 5 nitrogen and oxygen atoms in total. The number of nitrogen functional groups attached to an aromatic ring is 1. The molecule has 1 aromatic carbocycles. The molecule has 0 radical (unpaired) electrons.